The fourth-order valence-electron chi connectivity index (χ4n) is 2.54. The number of hydrogen-bond acceptors (Lipinski definition) is 3. The van der Waals surface area contributed by atoms with E-state index in [-0.39, 0.29) is 5.41 Å². The highest BCUT2D eigenvalue weighted by Gasteiger charge is 2.32. The van der Waals surface area contributed by atoms with Crippen molar-refractivity contribution in [3.05, 3.63) is 29.8 Å². The van der Waals surface area contributed by atoms with Crippen molar-refractivity contribution < 1.29 is 13.5 Å². The Morgan fingerprint density at radius 1 is 1.35 bits per heavy atom. The van der Waals surface area contributed by atoms with Crippen molar-refractivity contribution in [3.8, 4) is 5.75 Å². The normalized spacial score (nSPS) is 23.4. The number of nitrogens with two attached hydrogens (primary N) is 1. The maximum Gasteiger partial charge on any atom is 0.272 e. The predicted octanol–water partition coefficient (Wildman–Crippen LogP) is 2.50. The van der Waals surface area contributed by atoms with Gasteiger partial charge in [-0.05, 0) is 42.6 Å². The Bertz CT molecular complexity index is 424. The van der Waals surface area contributed by atoms with Crippen molar-refractivity contribution in [3.63, 3.8) is 0 Å². The Kier molecular flexibility index (Phi) is 4.94. The smallest absolute Gasteiger partial charge is 0.272 e. The lowest BCUT2D eigenvalue weighted by Gasteiger charge is -2.22. The van der Waals surface area contributed by atoms with Gasteiger partial charge < -0.3 is 10.5 Å². The van der Waals surface area contributed by atoms with Crippen LogP contribution < -0.4 is 10.5 Å². The summed E-state index contributed by atoms with van der Waals surface area (Å²) in [5, 5.41) is 0. The topological polar surface area (TPSA) is 38.5 Å². The lowest BCUT2D eigenvalue weighted by atomic mass is 9.90. The minimum Gasteiger partial charge on any atom is -0.488 e. The second kappa shape index (κ2) is 6.50. The predicted molar refractivity (Wildman–Crippen MR) is 75.0 cm³/mol. The van der Waals surface area contributed by atoms with Crippen molar-refractivity contribution in [2.75, 3.05) is 26.2 Å². The van der Waals surface area contributed by atoms with Crippen molar-refractivity contribution in [2.45, 2.75) is 26.3 Å². The lowest BCUT2D eigenvalue weighted by molar-refractivity contribution is 0.0819. The fraction of sp³-hybridized carbons (Fsp3) is 0.600. The minimum atomic E-state index is -2.44. The molecule has 2 N–H and O–H groups in total. The maximum atomic E-state index is 12.0. The molecule has 0 amide bonds. The summed E-state index contributed by atoms with van der Waals surface area (Å²) in [5.41, 5.74) is 7.18. The molecule has 0 radical (unpaired) electrons. The van der Waals surface area contributed by atoms with E-state index < -0.39 is 13.0 Å². The molecule has 20 heavy (non-hydrogen) atoms. The van der Waals surface area contributed by atoms with Crippen LogP contribution in [0.2, 0.25) is 0 Å². The molecule has 0 aliphatic carbocycles. The zero-order chi connectivity index (χ0) is 14.6. The van der Waals surface area contributed by atoms with Crippen LogP contribution in [0.15, 0.2) is 24.3 Å². The van der Waals surface area contributed by atoms with Crippen molar-refractivity contribution in [1.29, 1.82) is 0 Å². The van der Waals surface area contributed by atoms with E-state index in [1.807, 2.05) is 12.1 Å². The number of benzene rings is 1. The van der Waals surface area contributed by atoms with Crippen LogP contribution in [0.3, 0.4) is 0 Å². The molecule has 1 saturated heterocycles. The average molecular weight is 284 g/mol. The molecule has 1 unspecified atom stereocenters. The third-order valence-electron chi connectivity index (χ3n) is 3.84. The first kappa shape index (κ1) is 15.2. The number of alkyl halides is 2. The average Bonchev–Trinajstić information content (AvgIpc) is 2.80. The van der Waals surface area contributed by atoms with Gasteiger partial charge in [-0.15, -0.1) is 0 Å². The summed E-state index contributed by atoms with van der Waals surface area (Å²) in [7, 11) is 0. The molecule has 0 bridgehead atoms. The summed E-state index contributed by atoms with van der Waals surface area (Å²) < 4.78 is 29.0. The van der Waals surface area contributed by atoms with Crippen LogP contribution in [-0.4, -0.2) is 37.6 Å². The van der Waals surface area contributed by atoms with E-state index in [0.29, 0.717) is 12.3 Å². The Balaban J connectivity index is 1.85. The lowest BCUT2D eigenvalue weighted by Crippen LogP contribution is -2.31. The maximum absolute atomic E-state index is 12.0. The van der Waals surface area contributed by atoms with Gasteiger partial charge in [0.25, 0.3) is 6.43 Å². The first-order chi connectivity index (χ1) is 9.50. The summed E-state index contributed by atoms with van der Waals surface area (Å²) >= 11 is 0. The molecule has 0 saturated carbocycles. The Labute approximate surface area is 118 Å². The molecular formula is C15H22F2N2O. The molecule has 1 aromatic carbocycles. The van der Waals surface area contributed by atoms with Crippen LogP contribution in [0, 0.1) is 5.41 Å². The quantitative estimate of drug-likeness (QED) is 0.872. The molecule has 0 aromatic heterocycles. The van der Waals surface area contributed by atoms with E-state index in [1.165, 1.54) is 0 Å². The van der Waals surface area contributed by atoms with Crippen molar-refractivity contribution in [1.82, 2.24) is 4.90 Å². The molecule has 1 aromatic rings. The molecule has 2 rings (SSSR count). The third-order valence-corrected chi connectivity index (χ3v) is 3.84. The molecular weight excluding hydrogens is 262 g/mol. The van der Waals surface area contributed by atoms with Crippen molar-refractivity contribution >= 4 is 0 Å². The zero-order valence-corrected chi connectivity index (χ0v) is 11.8. The number of ether oxygens (including phenoxy) is 1. The minimum absolute atomic E-state index is 0.223. The molecule has 3 nitrogen and oxygen atoms in total. The molecule has 1 atom stereocenters. The number of halogens is 2. The van der Waals surface area contributed by atoms with Gasteiger partial charge in [0.1, 0.15) is 12.4 Å². The van der Waals surface area contributed by atoms with Crippen molar-refractivity contribution in [2.24, 2.45) is 11.1 Å². The van der Waals surface area contributed by atoms with Gasteiger partial charge in [0.15, 0.2) is 0 Å². The summed E-state index contributed by atoms with van der Waals surface area (Å²) in [6.07, 6.45) is -1.31. The highest BCUT2D eigenvalue weighted by molar-refractivity contribution is 5.27. The van der Waals surface area contributed by atoms with Gasteiger partial charge in [-0.25, -0.2) is 8.78 Å². The molecule has 1 aliphatic heterocycles. The van der Waals surface area contributed by atoms with Gasteiger partial charge in [0, 0.05) is 13.1 Å². The first-order valence-corrected chi connectivity index (χ1v) is 6.93. The third kappa shape index (κ3) is 4.15. The molecule has 1 fully saturated rings. The van der Waals surface area contributed by atoms with Gasteiger partial charge in [0.05, 0.1) is 0 Å². The summed E-state index contributed by atoms with van der Waals surface area (Å²) in [5.74, 6) is 0.488. The molecule has 0 spiro atoms. The molecule has 5 heteroatoms. The van der Waals surface area contributed by atoms with Crippen LogP contribution in [0.1, 0.15) is 18.9 Å². The van der Waals surface area contributed by atoms with E-state index >= 15 is 0 Å². The summed E-state index contributed by atoms with van der Waals surface area (Å²) in [4.78, 5) is 2.38. The highest BCUT2D eigenvalue weighted by atomic mass is 19.3. The monoisotopic (exact) mass is 284 g/mol. The summed E-state index contributed by atoms with van der Waals surface area (Å²) in [6, 6.07) is 7.35. The highest BCUT2D eigenvalue weighted by Crippen LogP contribution is 2.29. The standard InChI is InChI=1S/C15H22F2N2O/c1-15(10-18)6-7-19(11-15)8-12-2-4-13(5-3-12)20-9-14(16)17/h2-5,14H,6-11,18H2,1H3. The van der Waals surface area contributed by atoms with Gasteiger partial charge in [-0.3, -0.25) is 4.90 Å². The molecule has 1 heterocycles. The van der Waals surface area contributed by atoms with E-state index in [0.717, 1.165) is 31.6 Å². The zero-order valence-electron chi connectivity index (χ0n) is 11.8. The van der Waals surface area contributed by atoms with E-state index in [2.05, 4.69) is 11.8 Å². The SMILES string of the molecule is CC1(CN)CCN(Cc2ccc(OCC(F)F)cc2)C1. The van der Waals surface area contributed by atoms with Gasteiger partial charge in [0.2, 0.25) is 0 Å². The first-order valence-electron chi connectivity index (χ1n) is 6.93. The number of rotatable bonds is 6. The number of hydrogen-bond donors (Lipinski definition) is 1. The van der Waals surface area contributed by atoms with Crippen LogP contribution >= 0.6 is 0 Å². The molecule has 1 aliphatic rings. The van der Waals surface area contributed by atoms with E-state index in [9.17, 15) is 8.78 Å². The van der Waals surface area contributed by atoms with E-state index in [4.69, 9.17) is 10.5 Å². The van der Waals surface area contributed by atoms with Crippen LogP contribution in [0.4, 0.5) is 8.78 Å². The van der Waals surface area contributed by atoms with Crippen LogP contribution in [0.5, 0.6) is 5.75 Å². The Hall–Kier alpha value is -1.20. The fourth-order valence-corrected chi connectivity index (χ4v) is 2.54. The van der Waals surface area contributed by atoms with Crippen LogP contribution in [-0.2, 0) is 6.54 Å². The Morgan fingerprint density at radius 2 is 2.05 bits per heavy atom. The van der Waals surface area contributed by atoms with Gasteiger partial charge >= 0.3 is 0 Å². The largest absolute Gasteiger partial charge is 0.488 e. The number of nitrogens with zero attached hydrogens (tertiary/aromatic N) is 1. The van der Waals surface area contributed by atoms with Gasteiger partial charge in [-0.1, -0.05) is 19.1 Å². The van der Waals surface area contributed by atoms with Gasteiger partial charge in [-0.2, -0.15) is 0 Å². The van der Waals surface area contributed by atoms with Crippen LogP contribution in [0.25, 0.3) is 0 Å². The Morgan fingerprint density at radius 3 is 2.60 bits per heavy atom. The second-order valence-corrected chi connectivity index (χ2v) is 5.82. The van der Waals surface area contributed by atoms with E-state index in [1.54, 1.807) is 12.1 Å². The summed E-state index contributed by atoms with van der Waals surface area (Å²) in [6.45, 7) is 5.30. The second-order valence-electron chi connectivity index (χ2n) is 5.82. The molecule has 112 valence electrons. The number of likely N-dealkylation sites (tertiary alicyclic amines) is 1.